The highest BCUT2D eigenvalue weighted by molar-refractivity contribution is 7.89. The van der Waals surface area contributed by atoms with Crippen LogP contribution < -0.4 is 10.1 Å². The molecule has 3 aromatic rings. The van der Waals surface area contributed by atoms with E-state index >= 15 is 0 Å². The summed E-state index contributed by atoms with van der Waals surface area (Å²) in [4.78, 5) is 13.2. The Bertz CT molecular complexity index is 1270. The van der Waals surface area contributed by atoms with Gasteiger partial charge in [-0.1, -0.05) is 30.3 Å². The zero-order valence-corrected chi connectivity index (χ0v) is 19.5. The van der Waals surface area contributed by atoms with Gasteiger partial charge in [0.15, 0.2) is 0 Å². The molecule has 0 saturated carbocycles. The van der Waals surface area contributed by atoms with E-state index in [1.165, 1.54) is 22.5 Å². The lowest BCUT2D eigenvalue weighted by Gasteiger charge is -2.26. The van der Waals surface area contributed by atoms with E-state index < -0.39 is 15.9 Å². The third kappa shape index (κ3) is 5.44. The lowest BCUT2D eigenvalue weighted by atomic mass is 10.1. The number of nitrogens with zero attached hydrogens (tertiary/aromatic N) is 1. The van der Waals surface area contributed by atoms with Gasteiger partial charge >= 0.3 is 0 Å². The molecule has 178 valence electrons. The van der Waals surface area contributed by atoms with Gasteiger partial charge in [-0.2, -0.15) is 4.31 Å². The number of sulfonamides is 1. The standard InChI is InChI=1S/C25H25FN2O5S/c1-18-6-11-21(16-24(18)34(30,31)28-12-14-32-15-13-28)27-25(29)22-4-2-3-5-23(22)33-17-19-7-9-20(26)10-8-19/h2-11,16H,12-15,17H2,1H3,(H,27,29). The van der Waals surface area contributed by atoms with Crippen molar-refractivity contribution in [1.29, 1.82) is 0 Å². The van der Waals surface area contributed by atoms with Gasteiger partial charge < -0.3 is 14.8 Å². The number of morpholine rings is 1. The number of halogens is 1. The number of amides is 1. The minimum absolute atomic E-state index is 0.146. The Morgan fingerprint density at radius 1 is 1.06 bits per heavy atom. The van der Waals surface area contributed by atoms with Gasteiger partial charge in [-0.05, 0) is 54.4 Å². The van der Waals surface area contributed by atoms with Gasteiger partial charge in [-0.3, -0.25) is 4.79 Å². The minimum Gasteiger partial charge on any atom is -0.488 e. The first-order valence-corrected chi connectivity index (χ1v) is 12.2. The van der Waals surface area contributed by atoms with Crippen molar-refractivity contribution in [3.8, 4) is 5.75 Å². The van der Waals surface area contributed by atoms with Gasteiger partial charge in [0.2, 0.25) is 10.0 Å². The van der Waals surface area contributed by atoms with Crippen molar-refractivity contribution in [2.24, 2.45) is 0 Å². The summed E-state index contributed by atoms with van der Waals surface area (Å²) in [5.74, 6) is -0.414. The van der Waals surface area contributed by atoms with E-state index in [1.54, 1.807) is 55.5 Å². The van der Waals surface area contributed by atoms with Gasteiger partial charge in [0.1, 0.15) is 18.2 Å². The number of carbonyl (C=O) groups is 1. The Morgan fingerprint density at radius 3 is 2.50 bits per heavy atom. The molecule has 4 rings (SSSR count). The van der Waals surface area contributed by atoms with E-state index in [4.69, 9.17) is 9.47 Å². The van der Waals surface area contributed by atoms with Crippen molar-refractivity contribution in [3.63, 3.8) is 0 Å². The van der Waals surface area contributed by atoms with E-state index in [0.29, 0.717) is 35.8 Å². The first-order chi connectivity index (χ1) is 16.3. The molecule has 9 heteroatoms. The summed E-state index contributed by atoms with van der Waals surface area (Å²) in [5, 5.41) is 2.77. The van der Waals surface area contributed by atoms with E-state index in [2.05, 4.69) is 5.32 Å². The number of ether oxygens (including phenoxy) is 2. The summed E-state index contributed by atoms with van der Waals surface area (Å²) in [6.07, 6.45) is 0. The molecule has 1 heterocycles. The summed E-state index contributed by atoms with van der Waals surface area (Å²) < 4.78 is 51.8. The maximum absolute atomic E-state index is 13.1. The number of aryl methyl sites for hydroxylation is 1. The average molecular weight is 485 g/mol. The second-order valence-corrected chi connectivity index (χ2v) is 9.77. The summed E-state index contributed by atoms with van der Waals surface area (Å²) in [5.41, 5.74) is 2.00. The first-order valence-electron chi connectivity index (χ1n) is 10.8. The summed E-state index contributed by atoms with van der Waals surface area (Å²) in [7, 11) is -3.72. The number of anilines is 1. The minimum atomic E-state index is -3.72. The van der Waals surface area contributed by atoms with Crippen LogP contribution in [0.5, 0.6) is 5.75 Å². The Balaban J connectivity index is 1.52. The molecule has 1 amide bonds. The maximum atomic E-state index is 13.1. The highest BCUT2D eigenvalue weighted by atomic mass is 32.2. The monoisotopic (exact) mass is 484 g/mol. The zero-order valence-electron chi connectivity index (χ0n) is 18.7. The smallest absolute Gasteiger partial charge is 0.259 e. The third-order valence-corrected chi connectivity index (χ3v) is 7.51. The summed E-state index contributed by atoms with van der Waals surface area (Å²) in [6.45, 7) is 3.16. The Hall–Kier alpha value is -3.27. The van der Waals surface area contributed by atoms with Gasteiger partial charge in [-0.25, -0.2) is 12.8 Å². The molecule has 0 unspecified atom stereocenters. The van der Waals surface area contributed by atoms with Crippen LogP contribution in [0.3, 0.4) is 0 Å². The van der Waals surface area contributed by atoms with Crippen molar-refractivity contribution in [2.75, 3.05) is 31.6 Å². The van der Waals surface area contributed by atoms with Crippen LogP contribution in [0, 0.1) is 12.7 Å². The third-order valence-electron chi connectivity index (χ3n) is 5.47. The highest BCUT2D eigenvalue weighted by Crippen LogP contribution is 2.26. The predicted molar refractivity (Wildman–Crippen MR) is 126 cm³/mol. The lowest BCUT2D eigenvalue weighted by molar-refractivity contribution is 0.0730. The van der Waals surface area contributed by atoms with Crippen LogP contribution in [0.1, 0.15) is 21.5 Å². The second kappa shape index (κ2) is 10.3. The number of hydrogen-bond acceptors (Lipinski definition) is 5. The molecular weight excluding hydrogens is 459 g/mol. The molecule has 1 N–H and O–H groups in total. The van der Waals surface area contributed by atoms with Crippen molar-refractivity contribution in [3.05, 3.63) is 89.2 Å². The molecule has 1 aliphatic heterocycles. The number of carbonyl (C=O) groups excluding carboxylic acids is 1. The molecule has 0 atom stereocenters. The molecule has 0 aromatic heterocycles. The number of benzene rings is 3. The number of hydrogen-bond donors (Lipinski definition) is 1. The Morgan fingerprint density at radius 2 is 1.76 bits per heavy atom. The van der Waals surface area contributed by atoms with Crippen LogP contribution in [0.2, 0.25) is 0 Å². The lowest BCUT2D eigenvalue weighted by Crippen LogP contribution is -2.40. The van der Waals surface area contributed by atoms with Crippen LogP contribution in [0.4, 0.5) is 10.1 Å². The molecule has 34 heavy (non-hydrogen) atoms. The zero-order chi connectivity index (χ0) is 24.1. The first kappa shape index (κ1) is 23.9. The molecular formula is C25H25FN2O5S. The molecule has 1 fully saturated rings. The largest absolute Gasteiger partial charge is 0.488 e. The van der Waals surface area contributed by atoms with E-state index in [-0.39, 0.29) is 30.4 Å². The van der Waals surface area contributed by atoms with Crippen molar-refractivity contribution < 1.29 is 27.1 Å². The fraction of sp³-hybridized carbons (Fsp3) is 0.240. The Labute approximate surface area is 198 Å². The molecule has 3 aromatic carbocycles. The van der Waals surface area contributed by atoms with E-state index in [9.17, 15) is 17.6 Å². The summed E-state index contributed by atoms with van der Waals surface area (Å²) >= 11 is 0. The average Bonchev–Trinajstić information content (AvgIpc) is 2.85. The van der Waals surface area contributed by atoms with E-state index in [0.717, 1.165) is 5.56 Å². The topological polar surface area (TPSA) is 84.9 Å². The number of nitrogens with one attached hydrogen (secondary N) is 1. The van der Waals surface area contributed by atoms with Gasteiger partial charge in [-0.15, -0.1) is 0 Å². The van der Waals surface area contributed by atoms with Crippen molar-refractivity contribution in [2.45, 2.75) is 18.4 Å². The molecule has 0 radical (unpaired) electrons. The normalized spacial score (nSPS) is 14.5. The molecule has 0 spiro atoms. The molecule has 0 aliphatic carbocycles. The SMILES string of the molecule is Cc1ccc(NC(=O)c2ccccc2OCc2ccc(F)cc2)cc1S(=O)(=O)N1CCOCC1. The van der Waals surface area contributed by atoms with Crippen LogP contribution >= 0.6 is 0 Å². The quantitative estimate of drug-likeness (QED) is 0.548. The Kier molecular flexibility index (Phi) is 7.26. The summed E-state index contributed by atoms with van der Waals surface area (Å²) in [6, 6.07) is 17.5. The van der Waals surface area contributed by atoms with Gasteiger partial charge in [0, 0.05) is 18.8 Å². The number of rotatable bonds is 7. The van der Waals surface area contributed by atoms with Gasteiger partial charge in [0.25, 0.3) is 5.91 Å². The molecule has 7 nitrogen and oxygen atoms in total. The maximum Gasteiger partial charge on any atom is 0.259 e. The fourth-order valence-electron chi connectivity index (χ4n) is 3.60. The van der Waals surface area contributed by atoms with E-state index in [1.807, 2.05) is 0 Å². The second-order valence-electron chi connectivity index (χ2n) is 7.86. The van der Waals surface area contributed by atoms with Crippen LogP contribution in [0.25, 0.3) is 0 Å². The molecule has 0 bridgehead atoms. The van der Waals surface area contributed by atoms with Crippen LogP contribution in [-0.2, 0) is 21.4 Å². The molecule has 1 saturated heterocycles. The highest BCUT2D eigenvalue weighted by Gasteiger charge is 2.28. The molecule has 1 aliphatic rings. The van der Waals surface area contributed by atoms with Crippen LogP contribution in [-0.4, -0.2) is 44.9 Å². The number of para-hydroxylation sites is 1. The predicted octanol–water partition coefficient (Wildman–Crippen LogP) is 3.99. The van der Waals surface area contributed by atoms with Crippen molar-refractivity contribution >= 4 is 21.6 Å². The fourth-order valence-corrected chi connectivity index (χ4v) is 5.26. The van der Waals surface area contributed by atoms with Crippen LogP contribution in [0.15, 0.2) is 71.6 Å². The van der Waals surface area contributed by atoms with Gasteiger partial charge in [0.05, 0.1) is 23.7 Å². The van der Waals surface area contributed by atoms with Crippen molar-refractivity contribution in [1.82, 2.24) is 4.31 Å².